The fourth-order valence-corrected chi connectivity index (χ4v) is 5.23. The van der Waals surface area contributed by atoms with Gasteiger partial charge in [-0.3, -0.25) is 4.79 Å². The third kappa shape index (κ3) is 3.35. The monoisotopic (exact) mass is 419 g/mol. The van der Waals surface area contributed by atoms with Crippen LogP contribution in [0.25, 0.3) is 0 Å². The molecule has 0 saturated carbocycles. The molecule has 2 unspecified atom stereocenters. The van der Waals surface area contributed by atoms with Gasteiger partial charge < -0.3 is 15.2 Å². The fraction of sp³-hybridized carbons (Fsp3) is 0.500. The number of carbonyl (C=O) groups is 1. The Hall–Kier alpha value is -2.28. The minimum absolute atomic E-state index is 0.0220. The zero-order chi connectivity index (χ0) is 21.4. The van der Waals surface area contributed by atoms with E-state index in [1.165, 1.54) is 12.2 Å². The Bertz CT molecular complexity index is 994. The number of aryl methyl sites for hydroxylation is 2. The molecule has 1 aliphatic heterocycles. The van der Waals surface area contributed by atoms with Crippen LogP contribution in [0.15, 0.2) is 41.0 Å². The number of hydrogen-bond donors (Lipinski definition) is 2. The number of unbranched alkanes of at least 4 members (excludes halogenated alkanes) is 1. The summed E-state index contributed by atoms with van der Waals surface area (Å²) in [6, 6.07) is 5.69. The lowest BCUT2D eigenvalue weighted by Crippen LogP contribution is -2.84. The Labute approximate surface area is 172 Å². The summed E-state index contributed by atoms with van der Waals surface area (Å²) in [5, 5.41) is 13.6. The zero-order valence-corrected chi connectivity index (χ0v) is 18.2. The SMILES string of the molecule is CCCCC1(Oc2ccc(C)cc2C)C(=O)NC12CC(S(=O)(=O)CC)=CC=C2O. The first kappa shape index (κ1) is 21.4. The molecule has 1 saturated heterocycles. The number of ether oxygens (including phenoxy) is 1. The van der Waals surface area contributed by atoms with E-state index in [4.69, 9.17) is 4.74 Å². The molecule has 3 rings (SSSR count). The van der Waals surface area contributed by atoms with E-state index < -0.39 is 21.0 Å². The van der Waals surface area contributed by atoms with Crippen molar-refractivity contribution in [3.05, 3.63) is 52.1 Å². The average Bonchev–Trinajstić information content (AvgIpc) is 2.68. The van der Waals surface area contributed by atoms with Crippen molar-refractivity contribution in [1.29, 1.82) is 0 Å². The van der Waals surface area contributed by atoms with Gasteiger partial charge in [0.05, 0.1) is 5.75 Å². The van der Waals surface area contributed by atoms with Gasteiger partial charge in [-0.25, -0.2) is 8.42 Å². The van der Waals surface area contributed by atoms with E-state index in [0.717, 1.165) is 17.5 Å². The van der Waals surface area contributed by atoms with Crippen molar-refractivity contribution in [3.8, 4) is 5.75 Å². The summed E-state index contributed by atoms with van der Waals surface area (Å²) in [4.78, 5) is 13.1. The maximum absolute atomic E-state index is 12.9. The lowest BCUT2D eigenvalue weighted by Gasteiger charge is -2.58. The number of amides is 1. The van der Waals surface area contributed by atoms with Crippen molar-refractivity contribution in [3.63, 3.8) is 0 Å². The molecule has 2 N–H and O–H groups in total. The van der Waals surface area contributed by atoms with Crippen molar-refractivity contribution >= 4 is 15.7 Å². The van der Waals surface area contributed by atoms with Crippen LogP contribution < -0.4 is 10.1 Å². The molecule has 1 fully saturated rings. The van der Waals surface area contributed by atoms with Crippen molar-refractivity contribution in [1.82, 2.24) is 5.32 Å². The first-order valence-corrected chi connectivity index (χ1v) is 11.7. The summed E-state index contributed by atoms with van der Waals surface area (Å²) in [7, 11) is -3.47. The lowest BCUT2D eigenvalue weighted by molar-refractivity contribution is -0.171. The molecule has 1 aliphatic carbocycles. The summed E-state index contributed by atoms with van der Waals surface area (Å²) in [6.07, 6.45) is 4.68. The number of aliphatic hydroxyl groups is 1. The number of benzene rings is 1. The number of nitrogens with one attached hydrogen (secondary N) is 1. The summed E-state index contributed by atoms with van der Waals surface area (Å²) >= 11 is 0. The second-order valence-corrected chi connectivity index (χ2v) is 10.3. The Kier molecular flexibility index (Phi) is 5.56. The second-order valence-electron chi connectivity index (χ2n) is 7.93. The minimum Gasteiger partial charge on any atom is -0.510 e. The van der Waals surface area contributed by atoms with Gasteiger partial charge in [-0.05, 0) is 50.5 Å². The van der Waals surface area contributed by atoms with Gasteiger partial charge in [0.15, 0.2) is 15.4 Å². The van der Waals surface area contributed by atoms with Crippen LogP contribution >= 0.6 is 0 Å². The van der Waals surface area contributed by atoms with Gasteiger partial charge in [0.25, 0.3) is 5.91 Å². The van der Waals surface area contributed by atoms with Crippen LogP contribution in [0.5, 0.6) is 5.75 Å². The number of rotatable bonds is 7. The van der Waals surface area contributed by atoms with Crippen LogP contribution in [0.2, 0.25) is 0 Å². The van der Waals surface area contributed by atoms with Gasteiger partial charge in [-0.2, -0.15) is 0 Å². The van der Waals surface area contributed by atoms with Crippen molar-refractivity contribution in [2.24, 2.45) is 0 Å². The number of β-lactam (4-membered cyclic amide) rings is 1. The molecule has 1 amide bonds. The number of sulfone groups is 1. The Balaban J connectivity index is 2.09. The molecule has 2 atom stereocenters. The molecule has 0 aromatic heterocycles. The van der Waals surface area contributed by atoms with E-state index in [-0.39, 0.29) is 28.7 Å². The molecule has 1 aromatic rings. The van der Waals surface area contributed by atoms with Gasteiger partial charge in [0, 0.05) is 11.3 Å². The highest BCUT2D eigenvalue weighted by Gasteiger charge is 2.71. The van der Waals surface area contributed by atoms with Gasteiger partial charge in [0.1, 0.15) is 11.5 Å². The molecule has 0 radical (unpaired) electrons. The number of allylic oxidation sites excluding steroid dienone is 2. The van der Waals surface area contributed by atoms with E-state index in [2.05, 4.69) is 5.32 Å². The summed E-state index contributed by atoms with van der Waals surface area (Å²) in [5.74, 6) is 0.106. The van der Waals surface area contributed by atoms with Gasteiger partial charge in [-0.15, -0.1) is 0 Å². The van der Waals surface area contributed by atoms with Crippen LogP contribution in [0.3, 0.4) is 0 Å². The van der Waals surface area contributed by atoms with E-state index in [1.54, 1.807) is 6.92 Å². The van der Waals surface area contributed by atoms with E-state index in [1.807, 2.05) is 39.0 Å². The van der Waals surface area contributed by atoms with Crippen LogP contribution in [0.1, 0.15) is 50.7 Å². The van der Waals surface area contributed by atoms with Crippen molar-refractivity contribution in [2.45, 2.75) is 64.5 Å². The highest BCUT2D eigenvalue weighted by atomic mass is 32.2. The third-order valence-corrected chi connectivity index (χ3v) is 7.80. The molecule has 2 aliphatic rings. The predicted molar refractivity (Wildman–Crippen MR) is 113 cm³/mol. The minimum atomic E-state index is -3.47. The third-order valence-electron chi connectivity index (χ3n) is 5.96. The Morgan fingerprint density at radius 2 is 1.93 bits per heavy atom. The molecule has 0 bridgehead atoms. The highest BCUT2D eigenvalue weighted by molar-refractivity contribution is 7.95. The zero-order valence-electron chi connectivity index (χ0n) is 17.4. The first-order chi connectivity index (χ1) is 13.6. The number of carbonyl (C=O) groups excluding carboxylic acids is 1. The van der Waals surface area contributed by atoms with E-state index in [0.29, 0.717) is 18.6 Å². The standard InChI is InChI=1S/C22H29NO5S/c1-5-7-12-22(28-18-10-8-15(3)13-16(18)4)20(25)23-21(22)14-17(9-11-19(21)24)29(26,27)6-2/h8-11,13,24H,5-7,12,14H2,1-4H3,(H,23,25). The summed E-state index contributed by atoms with van der Waals surface area (Å²) < 4.78 is 31.4. The second kappa shape index (κ2) is 7.52. The topological polar surface area (TPSA) is 92.7 Å². The van der Waals surface area contributed by atoms with Crippen molar-refractivity contribution < 1.29 is 23.1 Å². The first-order valence-electron chi connectivity index (χ1n) is 10.0. The normalized spacial score (nSPS) is 26.4. The molecule has 1 aromatic carbocycles. The molecule has 29 heavy (non-hydrogen) atoms. The van der Waals surface area contributed by atoms with Gasteiger partial charge >= 0.3 is 0 Å². The van der Waals surface area contributed by atoms with Gasteiger partial charge in [0.2, 0.25) is 5.60 Å². The largest absolute Gasteiger partial charge is 0.510 e. The van der Waals surface area contributed by atoms with Crippen LogP contribution in [0.4, 0.5) is 0 Å². The maximum atomic E-state index is 12.9. The summed E-state index contributed by atoms with van der Waals surface area (Å²) in [6.45, 7) is 7.47. The van der Waals surface area contributed by atoms with Crippen LogP contribution in [-0.2, 0) is 14.6 Å². The lowest BCUT2D eigenvalue weighted by atomic mass is 9.64. The number of hydrogen-bond acceptors (Lipinski definition) is 5. The molecular weight excluding hydrogens is 390 g/mol. The van der Waals surface area contributed by atoms with Crippen LogP contribution in [-0.4, -0.2) is 36.3 Å². The van der Waals surface area contributed by atoms with E-state index in [9.17, 15) is 18.3 Å². The molecule has 7 heteroatoms. The molecule has 6 nitrogen and oxygen atoms in total. The van der Waals surface area contributed by atoms with E-state index >= 15 is 0 Å². The van der Waals surface area contributed by atoms with Crippen LogP contribution in [0, 0.1) is 13.8 Å². The average molecular weight is 420 g/mol. The van der Waals surface area contributed by atoms with Gasteiger partial charge in [-0.1, -0.05) is 38.0 Å². The maximum Gasteiger partial charge on any atom is 0.268 e. The fourth-order valence-electron chi connectivity index (χ4n) is 4.15. The Morgan fingerprint density at radius 1 is 1.21 bits per heavy atom. The quantitative estimate of drug-likeness (QED) is 0.658. The number of aliphatic hydroxyl groups excluding tert-OH is 1. The highest BCUT2D eigenvalue weighted by Crippen LogP contribution is 2.50. The molecular formula is C22H29NO5S. The smallest absolute Gasteiger partial charge is 0.268 e. The van der Waals surface area contributed by atoms with Crippen molar-refractivity contribution in [2.75, 3.05) is 5.75 Å². The Morgan fingerprint density at radius 3 is 2.52 bits per heavy atom. The molecule has 1 spiro atoms. The molecule has 158 valence electrons. The summed E-state index contributed by atoms with van der Waals surface area (Å²) in [5.41, 5.74) is -0.702. The molecule has 1 heterocycles. The predicted octanol–water partition coefficient (Wildman–Crippen LogP) is 3.64.